The Hall–Kier alpha value is -4.95. The zero-order valence-corrected chi connectivity index (χ0v) is 21.1. The lowest BCUT2D eigenvalue weighted by Crippen LogP contribution is -2.31. The highest BCUT2D eigenvalue weighted by atomic mass is 19.1. The average molecular weight is 498 g/mol. The molecule has 3 aromatic heterocycles. The van der Waals surface area contributed by atoms with Gasteiger partial charge in [-0.25, -0.2) is 13.8 Å². The van der Waals surface area contributed by atoms with Crippen LogP contribution in [0.4, 0.5) is 10.1 Å². The lowest BCUT2D eigenvalue weighted by molar-refractivity contribution is -0.661. The molecule has 182 valence electrons. The van der Waals surface area contributed by atoms with Gasteiger partial charge in [-0.1, -0.05) is 48.5 Å². The molecule has 7 aromatic rings. The van der Waals surface area contributed by atoms with Crippen LogP contribution in [0.25, 0.3) is 71.1 Å². The van der Waals surface area contributed by atoms with E-state index in [1.165, 1.54) is 0 Å². The van der Waals surface area contributed by atoms with Crippen molar-refractivity contribution >= 4 is 49.6 Å². The molecule has 0 spiro atoms. The van der Waals surface area contributed by atoms with Crippen LogP contribution in [0, 0.1) is 26.2 Å². The summed E-state index contributed by atoms with van der Waals surface area (Å²) in [5, 5.41) is 3.72. The molecule has 0 saturated heterocycles. The summed E-state index contributed by atoms with van der Waals surface area (Å²) in [6.07, 6.45) is 1.78. The zero-order valence-electron chi connectivity index (χ0n) is 21.1. The largest absolute Gasteiger partial charge is 0.456 e. The lowest BCUT2D eigenvalue weighted by atomic mass is 9.97. The molecule has 5 heteroatoms. The van der Waals surface area contributed by atoms with Crippen LogP contribution in [0.2, 0.25) is 0 Å². The first-order chi connectivity index (χ1) is 18.4. The third-order valence-electron chi connectivity index (χ3n) is 7.45. The Morgan fingerprint density at radius 3 is 2.42 bits per heavy atom. The molecule has 0 aliphatic rings. The van der Waals surface area contributed by atoms with Crippen molar-refractivity contribution < 1.29 is 17.8 Å². The van der Waals surface area contributed by atoms with Crippen molar-refractivity contribution in [3.8, 4) is 22.4 Å². The van der Waals surface area contributed by atoms with E-state index in [2.05, 4.69) is 23.0 Å². The maximum absolute atomic E-state index is 14.7. The van der Waals surface area contributed by atoms with E-state index in [1.807, 2.05) is 67.1 Å². The van der Waals surface area contributed by atoms with Gasteiger partial charge in [0.2, 0.25) is 5.69 Å². The molecule has 0 aliphatic carbocycles. The van der Waals surface area contributed by atoms with Crippen LogP contribution in [-0.4, -0.2) is 0 Å². The number of halogens is 1. The summed E-state index contributed by atoms with van der Waals surface area (Å²) < 4.78 is 29.4. The van der Waals surface area contributed by atoms with Gasteiger partial charge < -0.3 is 8.83 Å². The van der Waals surface area contributed by atoms with Crippen LogP contribution in [-0.2, 0) is 7.05 Å². The molecule has 0 aliphatic heterocycles. The molecule has 0 fully saturated rings. The molecule has 4 aromatic carbocycles. The van der Waals surface area contributed by atoms with Gasteiger partial charge in [0.1, 0.15) is 35.2 Å². The maximum atomic E-state index is 14.7. The van der Waals surface area contributed by atoms with Gasteiger partial charge in [0, 0.05) is 38.7 Å². The molecule has 0 radical (unpaired) electrons. The Morgan fingerprint density at radius 2 is 1.58 bits per heavy atom. The van der Waals surface area contributed by atoms with Crippen LogP contribution in [0.15, 0.2) is 87.8 Å². The third-order valence-corrected chi connectivity index (χ3v) is 7.45. The number of nitrogens with zero attached hydrogens (tertiary/aromatic N) is 2. The Bertz CT molecular complexity index is 2140. The molecule has 0 amide bonds. The smallest absolute Gasteiger partial charge is 0.219 e. The van der Waals surface area contributed by atoms with E-state index in [-0.39, 0.29) is 5.82 Å². The summed E-state index contributed by atoms with van der Waals surface area (Å²) in [4.78, 5) is 3.81. The van der Waals surface area contributed by atoms with Crippen molar-refractivity contribution in [3.63, 3.8) is 0 Å². The molecule has 0 saturated carbocycles. The van der Waals surface area contributed by atoms with Crippen molar-refractivity contribution in [1.82, 2.24) is 0 Å². The number of fused-ring (bicyclic) bond motifs is 6. The minimum atomic E-state index is -0.271. The Morgan fingerprint density at radius 1 is 0.789 bits per heavy atom. The van der Waals surface area contributed by atoms with E-state index in [9.17, 15) is 4.39 Å². The number of pyridine rings is 1. The number of rotatable bonds is 2. The molecule has 38 heavy (non-hydrogen) atoms. The number of furan rings is 2. The zero-order chi connectivity index (χ0) is 26.1. The molecule has 0 atom stereocenters. The van der Waals surface area contributed by atoms with Gasteiger partial charge in [0.05, 0.1) is 12.1 Å². The second kappa shape index (κ2) is 8.03. The van der Waals surface area contributed by atoms with E-state index >= 15 is 0 Å². The first-order valence-corrected chi connectivity index (χ1v) is 12.4. The topological polar surface area (TPSA) is 34.5 Å². The molecular formula is C33H22FN2O2+. The molecule has 0 bridgehead atoms. The van der Waals surface area contributed by atoms with Crippen LogP contribution in [0.3, 0.4) is 0 Å². The highest BCUT2D eigenvalue weighted by molar-refractivity contribution is 6.18. The SMILES string of the molecule is [C-]#[N+]c1ccc(-c2ccc3c(c2)oc2ccccc23)c2oc3c(-c4cc(F)c(C)c[n+]4C)c(C)ccc3c12. The van der Waals surface area contributed by atoms with Gasteiger partial charge >= 0.3 is 0 Å². The summed E-state index contributed by atoms with van der Waals surface area (Å²) in [7, 11) is 1.90. The van der Waals surface area contributed by atoms with Gasteiger partial charge in [0.15, 0.2) is 11.9 Å². The fourth-order valence-corrected chi connectivity index (χ4v) is 5.56. The first kappa shape index (κ1) is 22.3. The molecule has 0 unspecified atom stereocenters. The molecule has 4 nitrogen and oxygen atoms in total. The van der Waals surface area contributed by atoms with Crippen molar-refractivity contribution in [2.45, 2.75) is 13.8 Å². The number of para-hydroxylation sites is 1. The summed E-state index contributed by atoms with van der Waals surface area (Å²) in [5.74, 6) is -0.271. The Labute approximate surface area is 218 Å². The third kappa shape index (κ3) is 3.10. The van der Waals surface area contributed by atoms with Gasteiger partial charge in [-0.15, -0.1) is 0 Å². The second-order valence-corrected chi connectivity index (χ2v) is 9.79. The minimum absolute atomic E-state index is 0.271. The van der Waals surface area contributed by atoms with Gasteiger partial charge in [-0.05, 0) is 43.2 Å². The Balaban J connectivity index is 1.55. The van der Waals surface area contributed by atoms with E-state index in [0.717, 1.165) is 55.0 Å². The Kier molecular flexibility index (Phi) is 4.70. The van der Waals surface area contributed by atoms with Gasteiger partial charge in [0.25, 0.3) is 0 Å². The van der Waals surface area contributed by atoms with Crippen LogP contribution >= 0.6 is 0 Å². The molecule has 3 heterocycles. The maximum Gasteiger partial charge on any atom is 0.219 e. The van der Waals surface area contributed by atoms with Crippen LogP contribution < -0.4 is 4.57 Å². The van der Waals surface area contributed by atoms with E-state index in [1.54, 1.807) is 19.2 Å². The number of hydrogen-bond acceptors (Lipinski definition) is 2. The van der Waals surface area contributed by atoms with E-state index in [0.29, 0.717) is 28.1 Å². The predicted molar refractivity (Wildman–Crippen MR) is 149 cm³/mol. The van der Waals surface area contributed by atoms with Crippen molar-refractivity contribution in [2.75, 3.05) is 0 Å². The highest BCUT2D eigenvalue weighted by Crippen LogP contribution is 2.45. The van der Waals surface area contributed by atoms with Gasteiger partial charge in [-0.3, -0.25) is 0 Å². The first-order valence-electron chi connectivity index (χ1n) is 12.4. The lowest BCUT2D eigenvalue weighted by Gasteiger charge is -2.06. The minimum Gasteiger partial charge on any atom is -0.456 e. The van der Waals surface area contributed by atoms with Gasteiger partial charge in [-0.2, -0.15) is 0 Å². The number of benzene rings is 4. The standard InChI is InChI=1S/C33H22FN2O2/c1-18-9-11-24-31-26(35-3)14-13-21(20-10-12-23-22-7-5-6-8-28(22)37-29(23)15-20)32(31)38-33(24)30(18)27-16-25(34)19(2)17-36(27)4/h5-17H,1-2,4H3/q+1. The fourth-order valence-electron chi connectivity index (χ4n) is 5.56. The molecule has 0 N–H and O–H groups in total. The van der Waals surface area contributed by atoms with Crippen molar-refractivity contribution in [2.24, 2.45) is 7.05 Å². The normalized spacial score (nSPS) is 11.7. The summed E-state index contributed by atoms with van der Waals surface area (Å²) in [6.45, 7) is 11.6. The van der Waals surface area contributed by atoms with Crippen LogP contribution in [0.1, 0.15) is 11.1 Å². The summed E-state index contributed by atoms with van der Waals surface area (Å²) in [6, 6.07) is 23.5. The number of hydrogen-bond donors (Lipinski definition) is 0. The monoisotopic (exact) mass is 497 g/mol. The average Bonchev–Trinajstić information content (AvgIpc) is 3.49. The molecular weight excluding hydrogens is 475 g/mol. The predicted octanol–water partition coefficient (Wildman–Crippen LogP) is 8.95. The molecule has 7 rings (SSSR count). The van der Waals surface area contributed by atoms with E-state index < -0.39 is 0 Å². The summed E-state index contributed by atoms with van der Waals surface area (Å²) in [5.41, 5.74) is 8.29. The van der Waals surface area contributed by atoms with Crippen molar-refractivity contribution in [1.29, 1.82) is 0 Å². The second-order valence-electron chi connectivity index (χ2n) is 9.79. The highest BCUT2D eigenvalue weighted by Gasteiger charge is 2.24. The van der Waals surface area contributed by atoms with E-state index in [4.69, 9.17) is 15.4 Å². The quantitative estimate of drug-likeness (QED) is 0.176. The van der Waals surface area contributed by atoms with Crippen LogP contribution in [0.5, 0.6) is 0 Å². The van der Waals surface area contributed by atoms with Crippen molar-refractivity contribution in [3.05, 3.63) is 107 Å². The number of aryl methyl sites for hydroxylation is 3. The fraction of sp³-hybridized carbons (Fsp3) is 0.0909. The number of aromatic nitrogens is 1. The summed E-state index contributed by atoms with van der Waals surface area (Å²) >= 11 is 0.